The minimum absolute atomic E-state index is 0.129. The molecular weight excluding hydrogens is 1080 g/mol. The van der Waals surface area contributed by atoms with E-state index in [1.54, 1.807) is 53.7 Å². The van der Waals surface area contributed by atoms with E-state index in [0.29, 0.717) is 6.42 Å². The van der Waals surface area contributed by atoms with Crippen LogP contribution in [-0.2, 0) is 52.7 Å². The summed E-state index contributed by atoms with van der Waals surface area (Å²) in [6.45, 7) is 29.0. The molecule has 0 unspecified atom stereocenters. The second kappa shape index (κ2) is 34.1. The van der Waals surface area contributed by atoms with Crippen LogP contribution in [0.2, 0.25) is 0 Å². The van der Waals surface area contributed by atoms with Crippen LogP contribution in [-0.4, -0.2) is 227 Å². The number of amides is 11. The number of likely N-dealkylation sites (N-methyl/N-ethyl adjacent to an activating group) is 7. The number of aliphatic hydroxyl groups is 1. The normalized spacial score (nSPS) is 27.1. The molecule has 0 radical (unpaired) electrons. The Morgan fingerprint density at radius 3 is 1.26 bits per heavy atom. The lowest BCUT2D eigenvalue weighted by Crippen LogP contribution is -2.63. The Morgan fingerprint density at radius 1 is 0.429 bits per heavy atom. The first kappa shape index (κ1) is 75.9. The molecule has 1 aliphatic rings. The molecule has 0 bridgehead atoms. The molecule has 0 saturated carbocycles. The molecule has 1 heterocycles. The maximum atomic E-state index is 15.1. The molecule has 0 aromatic rings. The lowest BCUT2D eigenvalue weighted by atomic mass is 9.91. The summed E-state index contributed by atoms with van der Waals surface area (Å²) >= 11 is 0. The fourth-order valence-electron chi connectivity index (χ4n) is 10.5. The SMILES string of the molecule is C/C=C/C[C@@H](C)[C@@H](O)[C@H]1C(=O)N[C@@H](C)C(=O)N(C)CC(=O)N(C)[C@@H](CC(C)C)C(=O)N[C@@H](C(C)C)C(=O)N(C)[C@@H](CC(C)C)C(=O)N[C@@H](C)C(=O)N[C@H](C)C(=O)N(C)[C@@H](CC(C)C)C(=O)N(C)[C@@H](CC(C)C)C(=O)N(C)[C@H](C(C)C)C(=O)N1C. The minimum Gasteiger partial charge on any atom is -0.390 e. The van der Waals surface area contributed by atoms with Crippen LogP contribution in [0.5, 0.6) is 0 Å². The monoisotopic (exact) mass is 1190 g/mol. The van der Waals surface area contributed by atoms with E-state index in [-0.39, 0.29) is 49.4 Å². The summed E-state index contributed by atoms with van der Waals surface area (Å²) in [5, 5.41) is 22.9. The molecule has 5 N–H and O–H groups in total. The molecule has 0 aromatic carbocycles. The van der Waals surface area contributed by atoms with Crippen molar-refractivity contribution in [2.24, 2.45) is 41.4 Å². The molecule has 84 heavy (non-hydrogen) atoms. The molecule has 0 aromatic heterocycles. The molecule has 23 nitrogen and oxygen atoms in total. The second-order valence-corrected chi connectivity index (χ2v) is 25.9. The van der Waals surface area contributed by atoms with Gasteiger partial charge < -0.3 is 60.7 Å². The van der Waals surface area contributed by atoms with Gasteiger partial charge in [-0.25, -0.2) is 0 Å². The summed E-state index contributed by atoms with van der Waals surface area (Å²) in [6, 6.07) is -12.4. The van der Waals surface area contributed by atoms with Crippen LogP contribution in [0.1, 0.15) is 150 Å². The van der Waals surface area contributed by atoms with Gasteiger partial charge in [0.25, 0.3) is 0 Å². The van der Waals surface area contributed by atoms with Gasteiger partial charge in [0, 0.05) is 49.3 Å². The molecule has 12 atom stereocenters. The van der Waals surface area contributed by atoms with Crippen molar-refractivity contribution in [1.29, 1.82) is 0 Å². The number of hydrogen-bond donors (Lipinski definition) is 5. The zero-order chi connectivity index (χ0) is 65.3. The van der Waals surface area contributed by atoms with Gasteiger partial charge in [-0.2, -0.15) is 0 Å². The highest BCUT2D eigenvalue weighted by Gasteiger charge is 2.45. The number of aliphatic hydroxyl groups excluding tert-OH is 1. The van der Waals surface area contributed by atoms with E-state index in [2.05, 4.69) is 21.3 Å². The van der Waals surface area contributed by atoms with E-state index in [1.807, 2.05) is 55.4 Å². The van der Waals surface area contributed by atoms with Crippen LogP contribution in [0.15, 0.2) is 12.2 Å². The smallest absolute Gasteiger partial charge is 0.246 e. The van der Waals surface area contributed by atoms with Crippen LogP contribution < -0.4 is 21.3 Å². The van der Waals surface area contributed by atoms with E-state index >= 15 is 9.59 Å². The third kappa shape index (κ3) is 21.1. The second-order valence-electron chi connectivity index (χ2n) is 25.9. The molecule has 480 valence electrons. The summed E-state index contributed by atoms with van der Waals surface area (Å²) in [4.78, 5) is 168. The highest BCUT2D eigenvalue weighted by atomic mass is 16.3. The Hall–Kier alpha value is -6.13. The molecular formula is C61H109N11O12. The predicted molar refractivity (Wildman–Crippen MR) is 324 cm³/mol. The maximum absolute atomic E-state index is 15.1. The van der Waals surface area contributed by atoms with Crippen LogP contribution in [0, 0.1) is 41.4 Å². The van der Waals surface area contributed by atoms with Gasteiger partial charge in [-0.1, -0.05) is 102 Å². The third-order valence-corrected chi connectivity index (χ3v) is 15.8. The Morgan fingerprint density at radius 2 is 0.810 bits per heavy atom. The maximum Gasteiger partial charge on any atom is 0.246 e. The number of allylic oxidation sites excluding steroid dienone is 2. The highest BCUT2D eigenvalue weighted by molar-refractivity contribution is 5.99. The van der Waals surface area contributed by atoms with Crippen molar-refractivity contribution in [2.45, 2.75) is 216 Å². The third-order valence-electron chi connectivity index (χ3n) is 15.8. The first-order valence-electron chi connectivity index (χ1n) is 30.0. The van der Waals surface area contributed by atoms with Crippen molar-refractivity contribution in [3.05, 3.63) is 12.2 Å². The standard InChI is InChI=1S/C61H109N11O12/c1-25-26-27-39(14)51(74)50-55(78)64-41(16)56(79)66(18)32-47(73)67(19)43(28-33(2)3)54(77)65-48(37(10)11)60(83)68(20)44(29-34(4)5)53(76)62-40(15)52(75)63-42(17)57(80)69(21)45(30-35(6)7)58(81)70(22)46(31-36(8)9)59(82)71(23)49(38(12)13)61(84)72(50)24/h25-26,33-46,48-51,74H,27-32H2,1-24H3,(H,62,76)(H,63,75)(H,64,78)(H,65,77)/b26-25+/t39-,40+,41+,42-,43+,44+,45+,46+,48+,49-,50+,51-/m1/s1. The molecule has 1 rings (SSSR count). The quantitative estimate of drug-likeness (QED) is 0.157. The largest absolute Gasteiger partial charge is 0.390 e. The highest BCUT2D eigenvalue weighted by Crippen LogP contribution is 2.25. The number of hydrogen-bond acceptors (Lipinski definition) is 12. The average Bonchev–Trinajstić information content (AvgIpc) is 2.58. The molecule has 1 saturated heterocycles. The van der Waals surface area contributed by atoms with Crippen molar-refractivity contribution in [2.75, 3.05) is 55.9 Å². The predicted octanol–water partition coefficient (Wildman–Crippen LogP) is 2.88. The first-order valence-corrected chi connectivity index (χ1v) is 30.0. The molecule has 0 aliphatic carbocycles. The van der Waals surface area contributed by atoms with Gasteiger partial charge in [0.2, 0.25) is 65.0 Å². The Balaban J connectivity index is 4.28. The van der Waals surface area contributed by atoms with Crippen molar-refractivity contribution < 1.29 is 57.8 Å². The summed E-state index contributed by atoms with van der Waals surface area (Å²) in [5.74, 6) is -9.78. The van der Waals surface area contributed by atoms with Gasteiger partial charge in [0.05, 0.1) is 12.6 Å². The Labute approximate surface area is 502 Å². The zero-order valence-corrected chi connectivity index (χ0v) is 55.4. The molecule has 0 spiro atoms. The number of nitrogens with one attached hydrogen (secondary N) is 4. The van der Waals surface area contributed by atoms with Crippen molar-refractivity contribution in [3.8, 4) is 0 Å². The lowest BCUT2D eigenvalue weighted by Gasteiger charge is -2.41. The van der Waals surface area contributed by atoms with Crippen LogP contribution in [0.25, 0.3) is 0 Å². The van der Waals surface area contributed by atoms with Crippen LogP contribution in [0.3, 0.4) is 0 Å². The molecule has 23 heteroatoms. The average molecular weight is 1190 g/mol. The van der Waals surface area contributed by atoms with Gasteiger partial charge in [0.15, 0.2) is 0 Å². The summed E-state index contributed by atoms with van der Waals surface area (Å²) in [7, 11) is 9.87. The van der Waals surface area contributed by atoms with E-state index in [9.17, 15) is 48.3 Å². The van der Waals surface area contributed by atoms with Crippen LogP contribution >= 0.6 is 0 Å². The Kier molecular flexibility index (Phi) is 30.8. The van der Waals surface area contributed by atoms with E-state index in [0.717, 1.165) is 9.80 Å². The number of carbonyl (C=O) groups is 11. The van der Waals surface area contributed by atoms with Gasteiger partial charge >= 0.3 is 0 Å². The fourth-order valence-corrected chi connectivity index (χ4v) is 10.5. The van der Waals surface area contributed by atoms with Gasteiger partial charge in [-0.3, -0.25) is 52.7 Å². The summed E-state index contributed by atoms with van der Waals surface area (Å²) in [5.41, 5.74) is 0. The Bertz CT molecular complexity index is 2310. The summed E-state index contributed by atoms with van der Waals surface area (Å²) < 4.78 is 0. The van der Waals surface area contributed by atoms with Crippen LogP contribution in [0.4, 0.5) is 0 Å². The minimum atomic E-state index is -1.61. The van der Waals surface area contributed by atoms with Gasteiger partial charge in [0.1, 0.15) is 60.4 Å². The molecule has 11 amide bonds. The van der Waals surface area contributed by atoms with Gasteiger partial charge in [-0.15, -0.1) is 0 Å². The van der Waals surface area contributed by atoms with E-state index < -0.39 is 156 Å². The topological polar surface area (TPSA) is 279 Å². The fraction of sp³-hybridized carbons (Fsp3) is 0.787. The zero-order valence-electron chi connectivity index (χ0n) is 55.4. The van der Waals surface area contributed by atoms with Crippen molar-refractivity contribution >= 4 is 65.0 Å². The number of carbonyl (C=O) groups excluding carboxylic acids is 11. The molecule has 1 fully saturated rings. The molecule has 1 aliphatic heterocycles. The van der Waals surface area contributed by atoms with E-state index in [4.69, 9.17) is 0 Å². The van der Waals surface area contributed by atoms with Crippen molar-refractivity contribution in [3.63, 3.8) is 0 Å². The number of rotatable bonds is 14. The van der Waals surface area contributed by atoms with Crippen molar-refractivity contribution in [1.82, 2.24) is 55.6 Å². The summed E-state index contributed by atoms with van der Waals surface area (Å²) in [6.07, 6.45) is 3.00. The van der Waals surface area contributed by atoms with Gasteiger partial charge in [-0.05, 0) is 101 Å². The first-order chi connectivity index (χ1) is 38.7. The lowest BCUT2D eigenvalue weighted by molar-refractivity contribution is -0.157. The van der Waals surface area contributed by atoms with E-state index in [1.165, 1.54) is 94.6 Å². The number of nitrogens with zero attached hydrogens (tertiary/aromatic N) is 7.